The minimum atomic E-state index is 0.665. The number of nitrogens with zero attached hydrogens (tertiary/aromatic N) is 2. The number of likely N-dealkylation sites (N-methyl/N-ethyl adjacent to an activating group) is 1. The smallest absolute Gasteiger partial charge is 0.0912 e. The van der Waals surface area contributed by atoms with Gasteiger partial charge in [0.1, 0.15) is 0 Å². The first kappa shape index (κ1) is 9.96. The molecule has 2 N–H and O–H groups in total. The van der Waals surface area contributed by atoms with Gasteiger partial charge in [0.05, 0.1) is 5.00 Å². The molecular weight excluding hydrogens is 194 g/mol. The summed E-state index contributed by atoms with van der Waals surface area (Å²) in [5.41, 5.74) is 5.60. The largest absolute Gasteiger partial charge is 0.361 e. The summed E-state index contributed by atoms with van der Waals surface area (Å²) < 4.78 is 0. The highest BCUT2D eigenvalue weighted by molar-refractivity contribution is 7.16. The van der Waals surface area contributed by atoms with Gasteiger partial charge in [-0.05, 0) is 19.2 Å². The molecule has 1 aliphatic heterocycles. The maximum absolute atomic E-state index is 5.60. The molecule has 0 spiro atoms. The molecule has 1 aromatic heterocycles. The van der Waals surface area contributed by atoms with Crippen LogP contribution < -0.4 is 10.6 Å². The van der Waals surface area contributed by atoms with E-state index in [2.05, 4.69) is 29.0 Å². The van der Waals surface area contributed by atoms with Crippen LogP contribution in [0.15, 0.2) is 12.1 Å². The van der Waals surface area contributed by atoms with Crippen LogP contribution >= 0.6 is 11.3 Å². The molecule has 0 atom stereocenters. The van der Waals surface area contributed by atoms with Crippen LogP contribution in [0.2, 0.25) is 0 Å². The summed E-state index contributed by atoms with van der Waals surface area (Å²) >= 11 is 1.82. The summed E-state index contributed by atoms with van der Waals surface area (Å²) in [6, 6.07) is 4.33. The van der Waals surface area contributed by atoms with Crippen molar-refractivity contribution in [1.82, 2.24) is 4.90 Å². The molecule has 0 bridgehead atoms. The Bertz CT molecular complexity index is 289. The van der Waals surface area contributed by atoms with Crippen molar-refractivity contribution in [2.75, 3.05) is 38.1 Å². The Balaban J connectivity index is 2.01. The van der Waals surface area contributed by atoms with E-state index in [1.165, 1.54) is 9.88 Å². The van der Waals surface area contributed by atoms with Crippen molar-refractivity contribution in [2.45, 2.75) is 6.54 Å². The Morgan fingerprint density at radius 3 is 2.57 bits per heavy atom. The predicted molar refractivity (Wildman–Crippen MR) is 61.9 cm³/mol. The summed E-state index contributed by atoms with van der Waals surface area (Å²) in [5, 5.41) is 1.37. The third-order valence-electron chi connectivity index (χ3n) is 2.66. The van der Waals surface area contributed by atoms with Crippen molar-refractivity contribution in [2.24, 2.45) is 5.73 Å². The lowest BCUT2D eigenvalue weighted by molar-refractivity contribution is 0.313. The fraction of sp³-hybridized carbons (Fsp3) is 0.600. The normalized spacial score (nSPS) is 18.9. The van der Waals surface area contributed by atoms with Crippen molar-refractivity contribution < 1.29 is 0 Å². The molecule has 0 saturated carbocycles. The second kappa shape index (κ2) is 4.29. The Kier molecular flexibility index (Phi) is 3.05. The van der Waals surface area contributed by atoms with Gasteiger partial charge in [-0.15, -0.1) is 11.3 Å². The number of piperazine rings is 1. The van der Waals surface area contributed by atoms with Crippen LogP contribution in [0, 0.1) is 0 Å². The summed E-state index contributed by atoms with van der Waals surface area (Å²) in [7, 11) is 2.18. The first-order chi connectivity index (χ1) is 6.79. The van der Waals surface area contributed by atoms with Crippen molar-refractivity contribution in [3.8, 4) is 0 Å². The molecule has 3 nitrogen and oxygen atoms in total. The van der Waals surface area contributed by atoms with E-state index in [1.54, 1.807) is 0 Å². The minimum absolute atomic E-state index is 0.665. The molecule has 0 unspecified atom stereocenters. The quantitative estimate of drug-likeness (QED) is 0.791. The standard InChI is InChI=1S/C10H17N3S/c1-12-4-6-13(7-5-12)10-3-2-9(8-11)14-10/h2-3H,4-8,11H2,1H3. The van der Waals surface area contributed by atoms with Crippen molar-refractivity contribution in [1.29, 1.82) is 0 Å². The molecule has 1 fully saturated rings. The van der Waals surface area contributed by atoms with Crippen LogP contribution in [-0.2, 0) is 6.54 Å². The van der Waals surface area contributed by atoms with Gasteiger partial charge < -0.3 is 15.5 Å². The van der Waals surface area contributed by atoms with Crippen LogP contribution in [-0.4, -0.2) is 38.1 Å². The third kappa shape index (κ3) is 2.08. The Labute approximate surface area is 89.1 Å². The number of rotatable bonds is 2. The molecule has 0 amide bonds. The van der Waals surface area contributed by atoms with Crippen molar-refractivity contribution in [3.63, 3.8) is 0 Å². The molecule has 14 heavy (non-hydrogen) atoms. The fourth-order valence-corrected chi connectivity index (χ4v) is 2.61. The van der Waals surface area contributed by atoms with Gasteiger partial charge in [0.2, 0.25) is 0 Å². The van der Waals surface area contributed by atoms with Gasteiger partial charge in [0.25, 0.3) is 0 Å². The molecule has 1 saturated heterocycles. The lowest BCUT2D eigenvalue weighted by Crippen LogP contribution is -2.44. The number of anilines is 1. The first-order valence-electron chi connectivity index (χ1n) is 5.02. The average molecular weight is 211 g/mol. The summed E-state index contributed by atoms with van der Waals surface area (Å²) in [6.07, 6.45) is 0. The molecular formula is C10H17N3S. The van der Waals surface area contributed by atoms with Crippen LogP contribution in [0.1, 0.15) is 4.88 Å². The maximum Gasteiger partial charge on any atom is 0.0912 e. The molecule has 4 heteroatoms. The van der Waals surface area contributed by atoms with E-state index in [-0.39, 0.29) is 0 Å². The van der Waals surface area contributed by atoms with E-state index in [9.17, 15) is 0 Å². The van der Waals surface area contributed by atoms with Gasteiger partial charge >= 0.3 is 0 Å². The highest BCUT2D eigenvalue weighted by Crippen LogP contribution is 2.26. The maximum atomic E-state index is 5.60. The van der Waals surface area contributed by atoms with Gasteiger partial charge in [-0.3, -0.25) is 0 Å². The lowest BCUT2D eigenvalue weighted by Gasteiger charge is -2.32. The van der Waals surface area contributed by atoms with E-state index >= 15 is 0 Å². The molecule has 1 aliphatic rings. The highest BCUT2D eigenvalue weighted by Gasteiger charge is 2.15. The third-order valence-corrected chi connectivity index (χ3v) is 3.83. The van der Waals surface area contributed by atoms with Crippen LogP contribution in [0.3, 0.4) is 0 Å². The molecule has 1 aromatic rings. The molecule has 0 aliphatic carbocycles. The number of hydrogen-bond acceptors (Lipinski definition) is 4. The van der Waals surface area contributed by atoms with Gasteiger partial charge in [-0.2, -0.15) is 0 Å². The summed E-state index contributed by atoms with van der Waals surface area (Å²) in [5.74, 6) is 0. The van der Waals surface area contributed by atoms with E-state index in [1.807, 2.05) is 11.3 Å². The lowest BCUT2D eigenvalue weighted by atomic mass is 10.3. The average Bonchev–Trinajstić information content (AvgIpc) is 2.67. The molecule has 0 radical (unpaired) electrons. The minimum Gasteiger partial charge on any atom is -0.361 e. The van der Waals surface area contributed by atoms with Gasteiger partial charge in [-0.1, -0.05) is 0 Å². The van der Waals surface area contributed by atoms with E-state index in [0.29, 0.717) is 6.54 Å². The Morgan fingerprint density at radius 1 is 1.29 bits per heavy atom. The highest BCUT2D eigenvalue weighted by atomic mass is 32.1. The monoisotopic (exact) mass is 211 g/mol. The zero-order valence-corrected chi connectivity index (χ0v) is 9.39. The van der Waals surface area contributed by atoms with Crippen molar-refractivity contribution in [3.05, 3.63) is 17.0 Å². The van der Waals surface area contributed by atoms with Gasteiger partial charge in [-0.25, -0.2) is 0 Å². The van der Waals surface area contributed by atoms with E-state index < -0.39 is 0 Å². The number of nitrogens with two attached hydrogens (primary N) is 1. The number of hydrogen-bond donors (Lipinski definition) is 1. The Hall–Kier alpha value is -0.580. The summed E-state index contributed by atoms with van der Waals surface area (Å²) in [6.45, 7) is 5.27. The van der Waals surface area contributed by atoms with Crippen LogP contribution in [0.25, 0.3) is 0 Å². The zero-order chi connectivity index (χ0) is 9.97. The zero-order valence-electron chi connectivity index (χ0n) is 8.57. The SMILES string of the molecule is CN1CCN(c2ccc(CN)s2)CC1. The summed E-state index contributed by atoms with van der Waals surface area (Å²) in [4.78, 5) is 6.09. The van der Waals surface area contributed by atoms with Crippen LogP contribution in [0.4, 0.5) is 5.00 Å². The molecule has 78 valence electrons. The second-order valence-electron chi connectivity index (χ2n) is 3.73. The van der Waals surface area contributed by atoms with Gasteiger partial charge in [0.15, 0.2) is 0 Å². The second-order valence-corrected chi connectivity index (χ2v) is 4.88. The van der Waals surface area contributed by atoms with E-state index in [4.69, 9.17) is 5.73 Å². The first-order valence-corrected chi connectivity index (χ1v) is 5.83. The molecule has 2 heterocycles. The fourth-order valence-electron chi connectivity index (χ4n) is 1.67. The molecule has 2 rings (SSSR count). The van der Waals surface area contributed by atoms with E-state index in [0.717, 1.165) is 26.2 Å². The topological polar surface area (TPSA) is 32.5 Å². The molecule has 0 aromatic carbocycles. The van der Waals surface area contributed by atoms with Crippen LogP contribution in [0.5, 0.6) is 0 Å². The predicted octanol–water partition coefficient (Wildman–Crippen LogP) is 0.959. The Morgan fingerprint density at radius 2 is 2.00 bits per heavy atom. The van der Waals surface area contributed by atoms with Gasteiger partial charge in [0, 0.05) is 37.6 Å². The number of thiophene rings is 1. The van der Waals surface area contributed by atoms with Crippen molar-refractivity contribution >= 4 is 16.3 Å².